The van der Waals surface area contributed by atoms with Crippen LogP contribution in [0.5, 0.6) is 11.5 Å². The van der Waals surface area contributed by atoms with E-state index in [4.69, 9.17) is 19.7 Å². The molecular formula is C21H22N2O6. The average molecular weight is 398 g/mol. The van der Waals surface area contributed by atoms with Gasteiger partial charge in [-0.15, -0.1) is 0 Å². The standard InChI is InChI=1S/C17H18N2O2.C4H4O4/c1-19-6-2-3-15(19)14-7-13(9-18-10-14)12-4-5-16-17(8-12)21-11-20-16;5-3(6)1-2-4(7)8/h4-5,7-10,15H,2-3,6,11H2,1H3;1-2H,(H,5,6)(H,7,8). The maximum atomic E-state index is 9.55. The quantitative estimate of drug-likeness (QED) is 0.757. The van der Waals surface area contributed by atoms with Crippen LogP contribution in [0.4, 0.5) is 0 Å². The lowest BCUT2D eigenvalue weighted by atomic mass is 10.0. The monoisotopic (exact) mass is 398 g/mol. The number of rotatable bonds is 4. The van der Waals surface area contributed by atoms with E-state index in [2.05, 4.69) is 29.1 Å². The molecule has 0 saturated carbocycles. The number of hydrogen-bond donors (Lipinski definition) is 2. The number of carbonyl (C=O) groups is 2. The van der Waals surface area contributed by atoms with Crippen molar-refractivity contribution in [3.05, 3.63) is 54.4 Å². The van der Waals surface area contributed by atoms with Gasteiger partial charge < -0.3 is 19.7 Å². The summed E-state index contributed by atoms with van der Waals surface area (Å²) in [5.41, 5.74) is 3.55. The number of ether oxygens (including phenoxy) is 2. The molecule has 0 bridgehead atoms. The van der Waals surface area contributed by atoms with Crippen LogP contribution >= 0.6 is 0 Å². The first-order valence-electron chi connectivity index (χ1n) is 9.13. The van der Waals surface area contributed by atoms with Crippen molar-refractivity contribution >= 4 is 11.9 Å². The summed E-state index contributed by atoms with van der Waals surface area (Å²) in [6.07, 6.45) is 7.49. The van der Waals surface area contributed by atoms with Crippen molar-refractivity contribution < 1.29 is 29.3 Å². The molecule has 1 unspecified atom stereocenters. The van der Waals surface area contributed by atoms with Crippen LogP contribution in [0.2, 0.25) is 0 Å². The molecule has 0 spiro atoms. The third-order valence-corrected chi connectivity index (χ3v) is 4.74. The first kappa shape index (κ1) is 20.3. The van der Waals surface area contributed by atoms with Crippen LogP contribution in [-0.4, -0.2) is 52.4 Å². The lowest BCUT2D eigenvalue weighted by Crippen LogP contribution is -2.17. The van der Waals surface area contributed by atoms with E-state index in [0.717, 1.165) is 22.6 Å². The minimum atomic E-state index is -1.26. The summed E-state index contributed by atoms with van der Waals surface area (Å²) in [6, 6.07) is 8.79. The Morgan fingerprint density at radius 2 is 1.79 bits per heavy atom. The largest absolute Gasteiger partial charge is 0.478 e. The normalized spacial score (nSPS) is 17.8. The van der Waals surface area contributed by atoms with Gasteiger partial charge in [0.2, 0.25) is 6.79 Å². The topological polar surface area (TPSA) is 109 Å². The summed E-state index contributed by atoms with van der Waals surface area (Å²) in [5.74, 6) is -0.880. The van der Waals surface area contributed by atoms with Crippen LogP contribution in [0, 0.1) is 0 Å². The third-order valence-electron chi connectivity index (χ3n) is 4.74. The van der Waals surface area contributed by atoms with E-state index in [1.54, 1.807) is 0 Å². The Labute approximate surface area is 168 Å². The molecule has 2 N–H and O–H groups in total. The third kappa shape index (κ3) is 5.32. The van der Waals surface area contributed by atoms with Gasteiger partial charge in [-0.2, -0.15) is 0 Å². The molecule has 29 heavy (non-hydrogen) atoms. The summed E-state index contributed by atoms with van der Waals surface area (Å²) < 4.78 is 10.8. The van der Waals surface area contributed by atoms with Crippen LogP contribution in [0.3, 0.4) is 0 Å². The first-order chi connectivity index (χ1) is 13.9. The number of carboxylic acids is 2. The smallest absolute Gasteiger partial charge is 0.328 e. The number of aromatic nitrogens is 1. The van der Waals surface area contributed by atoms with Gasteiger partial charge in [-0.05, 0) is 55.8 Å². The van der Waals surface area contributed by atoms with E-state index < -0.39 is 11.9 Å². The minimum Gasteiger partial charge on any atom is -0.478 e. The summed E-state index contributed by atoms with van der Waals surface area (Å²) in [5, 5.41) is 15.6. The van der Waals surface area contributed by atoms with Crippen molar-refractivity contribution in [3.63, 3.8) is 0 Å². The molecule has 2 aliphatic rings. The van der Waals surface area contributed by atoms with Crippen LogP contribution in [0.25, 0.3) is 11.1 Å². The summed E-state index contributed by atoms with van der Waals surface area (Å²) in [4.78, 5) is 25.9. The SMILES string of the molecule is CN1CCCC1c1cncc(-c2ccc3c(c2)OCO3)c1.O=C(O)C=CC(=O)O. The zero-order valence-electron chi connectivity index (χ0n) is 15.9. The highest BCUT2D eigenvalue weighted by Gasteiger charge is 2.23. The van der Waals surface area contributed by atoms with Gasteiger partial charge in [-0.1, -0.05) is 6.07 Å². The number of benzene rings is 1. The fourth-order valence-corrected chi connectivity index (χ4v) is 3.35. The predicted octanol–water partition coefficient (Wildman–Crippen LogP) is 2.96. The van der Waals surface area contributed by atoms with Crippen LogP contribution in [-0.2, 0) is 9.59 Å². The van der Waals surface area contributed by atoms with Gasteiger partial charge in [-0.25, -0.2) is 9.59 Å². The van der Waals surface area contributed by atoms with Gasteiger partial charge in [0.05, 0.1) is 0 Å². The van der Waals surface area contributed by atoms with Crippen LogP contribution in [0.15, 0.2) is 48.8 Å². The average Bonchev–Trinajstić information content (AvgIpc) is 3.35. The number of aliphatic carboxylic acids is 2. The number of likely N-dealkylation sites (tertiary alicyclic amines) is 1. The van der Waals surface area contributed by atoms with Crippen molar-refractivity contribution in [2.45, 2.75) is 18.9 Å². The van der Waals surface area contributed by atoms with Gasteiger partial charge in [-0.3, -0.25) is 9.88 Å². The van der Waals surface area contributed by atoms with Gasteiger partial charge in [0, 0.05) is 36.2 Å². The van der Waals surface area contributed by atoms with Crippen molar-refractivity contribution in [2.75, 3.05) is 20.4 Å². The Kier molecular flexibility index (Phi) is 6.46. The highest BCUT2D eigenvalue weighted by Crippen LogP contribution is 2.37. The molecular weight excluding hydrogens is 376 g/mol. The van der Waals surface area contributed by atoms with Crippen molar-refractivity contribution in [2.24, 2.45) is 0 Å². The molecule has 3 heterocycles. The highest BCUT2D eigenvalue weighted by atomic mass is 16.7. The molecule has 0 radical (unpaired) electrons. The molecule has 4 rings (SSSR count). The van der Waals surface area contributed by atoms with E-state index in [9.17, 15) is 9.59 Å². The first-order valence-corrected chi connectivity index (χ1v) is 9.13. The molecule has 2 aliphatic heterocycles. The second kappa shape index (κ2) is 9.20. The van der Waals surface area contributed by atoms with Crippen LogP contribution < -0.4 is 9.47 Å². The molecule has 1 atom stereocenters. The minimum absolute atomic E-state index is 0.309. The Morgan fingerprint density at radius 1 is 1.07 bits per heavy atom. The zero-order valence-corrected chi connectivity index (χ0v) is 15.9. The molecule has 8 nitrogen and oxygen atoms in total. The van der Waals surface area contributed by atoms with E-state index in [1.807, 2.05) is 24.5 Å². The van der Waals surface area contributed by atoms with Gasteiger partial charge >= 0.3 is 11.9 Å². The molecule has 1 aromatic heterocycles. The summed E-state index contributed by atoms with van der Waals surface area (Å²) in [6.45, 7) is 1.48. The van der Waals surface area contributed by atoms with E-state index in [-0.39, 0.29) is 0 Å². The molecule has 2 aromatic rings. The van der Waals surface area contributed by atoms with E-state index in [0.29, 0.717) is 25.0 Å². The fourth-order valence-electron chi connectivity index (χ4n) is 3.35. The molecule has 1 fully saturated rings. The van der Waals surface area contributed by atoms with Crippen LogP contribution in [0.1, 0.15) is 24.4 Å². The van der Waals surface area contributed by atoms with E-state index >= 15 is 0 Å². The number of nitrogens with zero attached hydrogens (tertiary/aromatic N) is 2. The molecule has 8 heteroatoms. The Balaban J connectivity index is 0.000000258. The second-order valence-corrected chi connectivity index (χ2v) is 6.72. The van der Waals surface area contributed by atoms with Crippen molar-refractivity contribution in [1.29, 1.82) is 0 Å². The number of hydrogen-bond acceptors (Lipinski definition) is 6. The molecule has 1 aromatic carbocycles. The van der Waals surface area contributed by atoms with Gasteiger partial charge in [0.25, 0.3) is 0 Å². The molecule has 0 amide bonds. The molecule has 152 valence electrons. The maximum Gasteiger partial charge on any atom is 0.328 e. The summed E-state index contributed by atoms with van der Waals surface area (Å²) in [7, 11) is 2.19. The Morgan fingerprint density at radius 3 is 2.45 bits per heavy atom. The number of pyridine rings is 1. The predicted molar refractivity (Wildman–Crippen MR) is 105 cm³/mol. The van der Waals surface area contributed by atoms with Gasteiger partial charge in [0.1, 0.15) is 0 Å². The highest BCUT2D eigenvalue weighted by molar-refractivity contribution is 5.89. The van der Waals surface area contributed by atoms with Gasteiger partial charge in [0.15, 0.2) is 11.5 Å². The zero-order chi connectivity index (χ0) is 20.8. The summed E-state index contributed by atoms with van der Waals surface area (Å²) >= 11 is 0. The molecule has 0 aliphatic carbocycles. The van der Waals surface area contributed by atoms with E-state index in [1.165, 1.54) is 24.9 Å². The Hall–Kier alpha value is -3.39. The maximum absolute atomic E-state index is 9.55. The lowest BCUT2D eigenvalue weighted by Gasteiger charge is -2.20. The lowest BCUT2D eigenvalue weighted by molar-refractivity contribution is -0.134. The van der Waals surface area contributed by atoms with Crippen molar-refractivity contribution in [1.82, 2.24) is 9.88 Å². The number of carboxylic acid groups (broad SMARTS) is 2. The van der Waals surface area contributed by atoms with Crippen molar-refractivity contribution in [3.8, 4) is 22.6 Å². The number of fused-ring (bicyclic) bond motifs is 1. The molecule has 1 saturated heterocycles. The fraction of sp³-hybridized carbons (Fsp3) is 0.286. The second-order valence-electron chi connectivity index (χ2n) is 6.72. The Bertz CT molecular complexity index is 911.